The quantitative estimate of drug-likeness (QED) is 0.740. The van der Waals surface area contributed by atoms with Gasteiger partial charge in [0, 0.05) is 11.9 Å². The van der Waals surface area contributed by atoms with Gasteiger partial charge in [0.2, 0.25) is 0 Å². The van der Waals surface area contributed by atoms with Crippen molar-refractivity contribution in [2.45, 2.75) is 6.92 Å². The molecule has 0 bridgehead atoms. The van der Waals surface area contributed by atoms with Crippen LogP contribution in [0.4, 0.5) is 5.69 Å². The Balaban J connectivity index is 2.13. The summed E-state index contributed by atoms with van der Waals surface area (Å²) in [4.78, 5) is 8.37. The number of aliphatic imine (C=N–C) groups is 1. The van der Waals surface area contributed by atoms with Crippen LogP contribution in [-0.4, -0.2) is 22.4 Å². The van der Waals surface area contributed by atoms with Crippen molar-refractivity contribution in [2.75, 3.05) is 17.6 Å². The van der Waals surface area contributed by atoms with Crippen molar-refractivity contribution in [3.8, 4) is 0 Å². The van der Waals surface area contributed by atoms with Crippen LogP contribution in [0.2, 0.25) is 0 Å². The molecular formula is C9H11N3S. The Kier molecular flexibility index (Phi) is 2.49. The molecule has 0 amide bonds. The molecule has 1 N–H and O–H groups in total. The van der Waals surface area contributed by atoms with E-state index in [1.807, 2.05) is 12.3 Å². The summed E-state index contributed by atoms with van der Waals surface area (Å²) in [6.07, 6.45) is 3.63. The molecule has 2 rings (SSSR count). The molecule has 2 heterocycles. The monoisotopic (exact) mass is 193 g/mol. The first-order valence-electron chi connectivity index (χ1n) is 4.21. The van der Waals surface area contributed by atoms with Crippen LogP contribution >= 0.6 is 11.8 Å². The predicted octanol–water partition coefficient (Wildman–Crippen LogP) is 1.90. The van der Waals surface area contributed by atoms with E-state index in [0.717, 1.165) is 23.2 Å². The molecule has 13 heavy (non-hydrogen) atoms. The van der Waals surface area contributed by atoms with Crippen LogP contribution in [0.3, 0.4) is 0 Å². The van der Waals surface area contributed by atoms with Crippen molar-refractivity contribution in [1.29, 1.82) is 0 Å². The molecule has 0 aromatic carbocycles. The fourth-order valence-corrected chi connectivity index (χ4v) is 1.86. The third-order valence-corrected chi connectivity index (χ3v) is 2.76. The largest absolute Gasteiger partial charge is 0.334 e. The maximum atomic E-state index is 4.31. The molecule has 1 aliphatic rings. The minimum atomic E-state index is 0.923. The van der Waals surface area contributed by atoms with E-state index >= 15 is 0 Å². The van der Waals surface area contributed by atoms with Crippen LogP contribution in [0.15, 0.2) is 23.5 Å². The number of amidine groups is 1. The lowest BCUT2D eigenvalue weighted by Crippen LogP contribution is -2.06. The number of aromatic nitrogens is 1. The van der Waals surface area contributed by atoms with Gasteiger partial charge in [-0.1, -0.05) is 11.8 Å². The van der Waals surface area contributed by atoms with E-state index < -0.39 is 0 Å². The van der Waals surface area contributed by atoms with E-state index in [9.17, 15) is 0 Å². The number of aryl methyl sites for hydroxylation is 1. The summed E-state index contributed by atoms with van der Waals surface area (Å²) in [5.41, 5.74) is 2.25. The SMILES string of the molecule is Cc1ccncc1NC1=NCCS1. The van der Waals surface area contributed by atoms with Crippen molar-refractivity contribution in [3.05, 3.63) is 24.0 Å². The molecular weight excluding hydrogens is 182 g/mol. The highest BCUT2D eigenvalue weighted by Crippen LogP contribution is 2.17. The molecule has 68 valence electrons. The zero-order chi connectivity index (χ0) is 9.10. The van der Waals surface area contributed by atoms with Gasteiger partial charge in [-0.2, -0.15) is 0 Å². The number of rotatable bonds is 1. The second-order valence-corrected chi connectivity index (χ2v) is 3.93. The normalized spacial score (nSPS) is 15.6. The number of hydrogen-bond donors (Lipinski definition) is 1. The van der Waals surface area contributed by atoms with Gasteiger partial charge in [-0.15, -0.1) is 0 Å². The van der Waals surface area contributed by atoms with Crippen molar-refractivity contribution in [2.24, 2.45) is 4.99 Å². The first-order chi connectivity index (χ1) is 6.36. The van der Waals surface area contributed by atoms with E-state index in [0.29, 0.717) is 0 Å². The molecule has 4 heteroatoms. The molecule has 0 aliphatic carbocycles. The topological polar surface area (TPSA) is 37.3 Å². The summed E-state index contributed by atoms with van der Waals surface area (Å²) < 4.78 is 0. The highest BCUT2D eigenvalue weighted by atomic mass is 32.2. The highest BCUT2D eigenvalue weighted by molar-refractivity contribution is 8.14. The second-order valence-electron chi connectivity index (χ2n) is 2.85. The summed E-state index contributed by atoms with van der Waals surface area (Å²) in [6, 6.07) is 1.99. The summed E-state index contributed by atoms with van der Waals surface area (Å²) in [5.74, 6) is 1.08. The summed E-state index contributed by atoms with van der Waals surface area (Å²) in [5, 5.41) is 4.27. The van der Waals surface area contributed by atoms with Crippen LogP contribution in [0.1, 0.15) is 5.56 Å². The zero-order valence-corrected chi connectivity index (χ0v) is 8.27. The Hall–Kier alpha value is -1.03. The number of pyridine rings is 1. The number of anilines is 1. The van der Waals surface area contributed by atoms with E-state index in [-0.39, 0.29) is 0 Å². The van der Waals surface area contributed by atoms with Crippen LogP contribution in [-0.2, 0) is 0 Å². The van der Waals surface area contributed by atoms with E-state index in [4.69, 9.17) is 0 Å². The van der Waals surface area contributed by atoms with Gasteiger partial charge >= 0.3 is 0 Å². The smallest absolute Gasteiger partial charge is 0.161 e. The van der Waals surface area contributed by atoms with Crippen LogP contribution in [0, 0.1) is 6.92 Å². The van der Waals surface area contributed by atoms with Gasteiger partial charge in [0.15, 0.2) is 5.17 Å². The maximum Gasteiger partial charge on any atom is 0.161 e. The van der Waals surface area contributed by atoms with Crippen molar-refractivity contribution < 1.29 is 0 Å². The molecule has 0 unspecified atom stereocenters. The lowest BCUT2D eigenvalue weighted by molar-refractivity contribution is 1.17. The molecule has 1 aliphatic heterocycles. The molecule has 0 saturated carbocycles. The Labute approximate surface area is 81.7 Å². The van der Waals surface area contributed by atoms with Gasteiger partial charge in [0.05, 0.1) is 18.4 Å². The molecule has 0 saturated heterocycles. The lowest BCUT2D eigenvalue weighted by atomic mass is 10.2. The fourth-order valence-electron chi connectivity index (χ4n) is 1.12. The van der Waals surface area contributed by atoms with E-state index in [1.54, 1.807) is 18.0 Å². The molecule has 1 aromatic rings. The summed E-state index contributed by atoms with van der Waals surface area (Å²) in [6.45, 7) is 2.98. The molecule has 0 atom stereocenters. The van der Waals surface area contributed by atoms with Gasteiger partial charge in [0.1, 0.15) is 0 Å². The highest BCUT2D eigenvalue weighted by Gasteiger charge is 2.07. The van der Waals surface area contributed by atoms with E-state index in [1.165, 1.54) is 5.56 Å². The van der Waals surface area contributed by atoms with Gasteiger partial charge < -0.3 is 5.32 Å². The first-order valence-corrected chi connectivity index (χ1v) is 5.20. The third kappa shape index (κ3) is 2.01. The van der Waals surface area contributed by atoms with Crippen LogP contribution in [0.5, 0.6) is 0 Å². The minimum Gasteiger partial charge on any atom is -0.334 e. The third-order valence-electron chi connectivity index (χ3n) is 1.87. The molecule has 0 fully saturated rings. The van der Waals surface area contributed by atoms with E-state index in [2.05, 4.69) is 22.2 Å². The zero-order valence-electron chi connectivity index (χ0n) is 7.45. The minimum absolute atomic E-state index is 0.923. The predicted molar refractivity (Wildman–Crippen MR) is 57.4 cm³/mol. The van der Waals surface area contributed by atoms with Gasteiger partial charge in [-0.05, 0) is 18.6 Å². The van der Waals surface area contributed by atoms with Crippen molar-refractivity contribution in [1.82, 2.24) is 4.98 Å². The van der Waals surface area contributed by atoms with Crippen molar-refractivity contribution in [3.63, 3.8) is 0 Å². The molecule has 1 aromatic heterocycles. The second kappa shape index (κ2) is 3.79. The Morgan fingerprint density at radius 1 is 1.54 bits per heavy atom. The van der Waals surface area contributed by atoms with Gasteiger partial charge in [-0.25, -0.2) is 0 Å². The van der Waals surface area contributed by atoms with Gasteiger partial charge in [-0.3, -0.25) is 9.98 Å². The van der Waals surface area contributed by atoms with Gasteiger partial charge in [0.25, 0.3) is 0 Å². The number of hydrogen-bond acceptors (Lipinski definition) is 4. The molecule has 0 radical (unpaired) electrons. The average molecular weight is 193 g/mol. The van der Waals surface area contributed by atoms with Crippen LogP contribution in [0.25, 0.3) is 0 Å². The molecule has 3 nitrogen and oxygen atoms in total. The average Bonchev–Trinajstić information content (AvgIpc) is 2.61. The van der Waals surface area contributed by atoms with Crippen molar-refractivity contribution >= 4 is 22.6 Å². The standard InChI is InChI=1S/C9H11N3S/c1-7-2-3-10-6-8(7)12-9-11-4-5-13-9/h2-3,6H,4-5H2,1H3,(H,11,12). The lowest BCUT2D eigenvalue weighted by Gasteiger charge is -2.06. The maximum absolute atomic E-state index is 4.31. The summed E-state index contributed by atoms with van der Waals surface area (Å²) in [7, 11) is 0. The number of nitrogens with zero attached hydrogens (tertiary/aromatic N) is 2. The summed E-state index contributed by atoms with van der Waals surface area (Å²) >= 11 is 1.76. The Morgan fingerprint density at radius 3 is 3.15 bits per heavy atom. The molecule has 0 spiro atoms. The Bertz CT molecular complexity index is 335. The van der Waals surface area contributed by atoms with Crippen LogP contribution < -0.4 is 5.32 Å². The first kappa shape index (κ1) is 8.56. The number of thioether (sulfide) groups is 1. The number of nitrogens with one attached hydrogen (secondary N) is 1. The fraction of sp³-hybridized carbons (Fsp3) is 0.333. The Morgan fingerprint density at radius 2 is 2.46 bits per heavy atom.